The summed E-state index contributed by atoms with van der Waals surface area (Å²) >= 11 is 0. The first-order valence-corrected chi connectivity index (χ1v) is 5.62. The van der Waals surface area contributed by atoms with Crippen LogP contribution >= 0.6 is 0 Å². The Morgan fingerprint density at radius 3 is 2.74 bits per heavy atom. The van der Waals surface area contributed by atoms with Gasteiger partial charge >= 0.3 is 5.97 Å². The molecule has 0 heterocycles. The highest BCUT2D eigenvalue weighted by Crippen LogP contribution is 2.19. The number of methoxy groups -OCH3 is 1. The highest BCUT2D eigenvalue weighted by molar-refractivity contribution is 5.96. The number of nitriles is 1. The summed E-state index contributed by atoms with van der Waals surface area (Å²) in [5.41, 5.74) is 0.988. The van der Waals surface area contributed by atoms with E-state index in [2.05, 4.69) is 10.1 Å². The maximum atomic E-state index is 11.6. The number of para-hydroxylation sites is 1. The Kier molecular flexibility index (Phi) is 5.35. The van der Waals surface area contributed by atoms with E-state index in [-0.39, 0.29) is 19.0 Å². The van der Waals surface area contributed by atoms with E-state index in [0.717, 1.165) is 0 Å². The van der Waals surface area contributed by atoms with E-state index < -0.39 is 5.97 Å². The van der Waals surface area contributed by atoms with Gasteiger partial charge in [0.2, 0.25) is 5.91 Å². The van der Waals surface area contributed by atoms with E-state index in [1.165, 1.54) is 7.11 Å². The zero-order valence-corrected chi connectivity index (χ0v) is 10.8. The quantitative estimate of drug-likeness (QED) is 0.618. The van der Waals surface area contributed by atoms with Crippen LogP contribution in [-0.4, -0.2) is 39.1 Å². The lowest BCUT2D eigenvalue weighted by Crippen LogP contribution is -2.35. The van der Waals surface area contributed by atoms with Crippen LogP contribution in [0.3, 0.4) is 0 Å². The molecular formula is C13H15N3O3. The number of nitrogens with one attached hydrogen (secondary N) is 1. The molecule has 100 valence electrons. The molecule has 1 amide bonds. The first-order chi connectivity index (χ1) is 9.10. The van der Waals surface area contributed by atoms with E-state index in [0.29, 0.717) is 11.3 Å². The largest absolute Gasteiger partial charge is 0.465 e. The minimum atomic E-state index is -0.458. The Labute approximate surface area is 111 Å². The van der Waals surface area contributed by atoms with Gasteiger partial charge in [0.25, 0.3) is 0 Å². The van der Waals surface area contributed by atoms with Crippen molar-refractivity contribution < 1.29 is 14.3 Å². The predicted molar refractivity (Wildman–Crippen MR) is 69.7 cm³/mol. The van der Waals surface area contributed by atoms with Crippen molar-refractivity contribution in [3.05, 3.63) is 29.8 Å². The van der Waals surface area contributed by atoms with Crippen molar-refractivity contribution in [1.29, 1.82) is 5.26 Å². The predicted octanol–water partition coefficient (Wildman–Crippen LogP) is 0.549. The fraction of sp³-hybridized carbons (Fsp3) is 0.308. The fourth-order valence-corrected chi connectivity index (χ4v) is 1.58. The second-order valence-electron chi connectivity index (χ2n) is 3.80. The number of rotatable bonds is 5. The fourth-order valence-electron chi connectivity index (χ4n) is 1.58. The molecule has 0 aromatic heterocycles. The minimum absolute atomic E-state index is 0.0364. The van der Waals surface area contributed by atoms with Gasteiger partial charge in [0.15, 0.2) is 0 Å². The lowest BCUT2D eigenvalue weighted by Gasteiger charge is -2.20. The number of ether oxygens (including phenoxy) is 1. The second-order valence-corrected chi connectivity index (χ2v) is 3.80. The summed E-state index contributed by atoms with van der Waals surface area (Å²) in [5.74, 6) is -0.747. The van der Waals surface area contributed by atoms with Crippen molar-refractivity contribution in [2.45, 2.75) is 0 Å². The Morgan fingerprint density at radius 1 is 1.42 bits per heavy atom. The van der Waals surface area contributed by atoms with Crippen LogP contribution in [0, 0.1) is 11.3 Å². The number of nitrogens with zero attached hydrogens (tertiary/aromatic N) is 2. The van der Waals surface area contributed by atoms with Gasteiger partial charge in [-0.15, -0.1) is 0 Å². The van der Waals surface area contributed by atoms with E-state index in [9.17, 15) is 9.59 Å². The molecule has 0 saturated heterocycles. The van der Waals surface area contributed by atoms with Crippen LogP contribution in [0.15, 0.2) is 24.3 Å². The molecule has 0 atom stereocenters. The summed E-state index contributed by atoms with van der Waals surface area (Å²) in [5, 5.41) is 10.8. The summed E-state index contributed by atoms with van der Waals surface area (Å²) < 4.78 is 4.69. The number of hydrogen-bond acceptors (Lipinski definition) is 5. The Bertz CT molecular complexity index is 508. The van der Waals surface area contributed by atoms with Crippen LogP contribution in [0.25, 0.3) is 0 Å². The van der Waals surface area contributed by atoms with Crippen LogP contribution < -0.4 is 10.2 Å². The van der Waals surface area contributed by atoms with Crippen molar-refractivity contribution in [2.24, 2.45) is 0 Å². The topological polar surface area (TPSA) is 82.4 Å². The Balaban J connectivity index is 2.82. The Morgan fingerprint density at radius 2 is 2.11 bits per heavy atom. The molecule has 6 heteroatoms. The molecule has 0 fully saturated rings. The monoisotopic (exact) mass is 261 g/mol. The second kappa shape index (κ2) is 7.01. The molecule has 1 aromatic rings. The van der Waals surface area contributed by atoms with Gasteiger partial charge in [-0.3, -0.25) is 4.79 Å². The van der Waals surface area contributed by atoms with Crippen LogP contribution in [-0.2, 0) is 9.53 Å². The normalized spacial score (nSPS) is 9.32. The molecule has 0 aliphatic rings. The number of likely N-dealkylation sites (N-methyl/N-ethyl adjacent to an activating group) is 1. The van der Waals surface area contributed by atoms with Gasteiger partial charge in [-0.2, -0.15) is 5.26 Å². The van der Waals surface area contributed by atoms with Gasteiger partial charge in [-0.25, -0.2) is 4.79 Å². The lowest BCUT2D eigenvalue weighted by atomic mass is 10.1. The first kappa shape index (κ1) is 14.5. The number of anilines is 1. The van der Waals surface area contributed by atoms with Crippen molar-refractivity contribution in [3.8, 4) is 6.07 Å². The van der Waals surface area contributed by atoms with E-state index in [1.54, 1.807) is 36.2 Å². The number of carbonyl (C=O) groups is 2. The standard InChI is InChI=1S/C13H15N3O3/c1-16(9-12(17)15-8-7-14)11-6-4-3-5-10(11)13(18)19-2/h3-6H,8-9H2,1-2H3,(H,15,17). The smallest absolute Gasteiger partial charge is 0.339 e. The average Bonchev–Trinajstić information content (AvgIpc) is 2.44. The van der Waals surface area contributed by atoms with Gasteiger partial charge in [0.1, 0.15) is 6.54 Å². The summed E-state index contributed by atoms with van der Waals surface area (Å²) in [4.78, 5) is 24.7. The van der Waals surface area contributed by atoms with Crippen LogP contribution in [0.4, 0.5) is 5.69 Å². The third-order valence-corrected chi connectivity index (χ3v) is 2.47. The molecule has 1 aromatic carbocycles. The number of esters is 1. The van der Waals surface area contributed by atoms with Gasteiger partial charge in [-0.05, 0) is 12.1 Å². The van der Waals surface area contributed by atoms with Gasteiger partial charge in [0, 0.05) is 7.05 Å². The molecule has 0 radical (unpaired) electrons. The highest BCUT2D eigenvalue weighted by atomic mass is 16.5. The van der Waals surface area contributed by atoms with Crippen molar-refractivity contribution in [2.75, 3.05) is 32.1 Å². The van der Waals surface area contributed by atoms with Gasteiger partial charge in [-0.1, -0.05) is 12.1 Å². The number of benzene rings is 1. The first-order valence-electron chi connectivity index (χ1n) is 5.62. The summed E-state index contributed by atoms with van der Waals surface area (Å²) in [6, 6.07) is 8.67. The summed E-state index contributed by atoms with van der Waals surface area (Å²) in [7, 11) is 2.99. The van der Waals surface area contributed by atoms with Gasteiger partial charge < -0.3 is 15.0 Å². The van der Waals surface area contributed by atoms with Gasteiger partial charge in [0.05, 0.1) is 31.0 Å². The summed E-state index contributed by atoms with van der Waals surface area (Å²) in [6.45, 7) is 0.0149. The van der Waals surface area contributed by atoms with E-state index >= 15 is 0 Å². The molecule has 19 heavy (non-hydrogen) atoms. The molecule has 0 aliphatic carbocycles. The zero-order valence-electron chi connectivity index (χ0n) is 10.8. The maximum Gasteiger partial charge on any atom is 0.339 e. The number of hydrogen-bond donors (Lipinski definition) is 1. The van der Waals surface area contributed by atoms with Crippen LogP contribution in [0.1, 0.15) is 10.4 Å². The third kappa shape index (κ3) is 4.00. The number of amides is 1. The maximum absolute atomic E-state index is 11.6. The van der Waals surface area contributed by atoms with Crippen LogP contribution in [0.5, 0.6) is 0 Å². The summed E-state index contributed by atoms with van der Waals surface area (Å²) in [6.07, 6.45) is 0. The molecule has 6 nitrogen and oxygen atoms in total. The highest BCUT2D eigenvalue weighted by Gasteiger charge is 2.15. The molecule has 0 spiro atoms. The number of carbonyl (C=O) groups excluding carboxylic acids is 2. The minimum Gasteiger partial charge on any atom is -0.465 e. The molecule has 1 N–H and O–H groups in total. The van der Waals surface area contributed by atoms with E-state index in [1.807, 2.05) is 6.07 Å². The molecule has 0 saturated carbocycles. The molecule has 0 unspecified atom stereocenters. The third-order valence-electron chi connectivity index (χ3n) is 2.47. The van der Waals surface area contributed by atoms with Crippen LogP contribution in [0.2, 0.25) is 0 Å². The molecule has 0 bridgehead atoms. The zero-order chi connectivity index (χ0) is 14.3. The molecular weight excluding hydrogens is 246 g/mol. The SMILES string of the molecule is COC(=O)c1ccccc1N(C)CC(=O)NCC#N. The van der Waals surface area contributed by atoms with Crippen molar-refractivity contribution >= 4 is 17.6 Å². The van der Waals surface area contributed by atoms with Crippen molar-refractivity contribution in [1.82, 2.24) is 5.32 Å². The average molecular weight is 261 g/mol. The Hall–Kier alpha value is -2.55. The lowest BCUT2D eigenvalue weighted by molar-refractivity contribution is -0.119. The molecule has 0 aliphatic heterocycles. The van der Waals surface area contributed by atoms with E-state index in [4.69, 9.17) is 5.26 Å². The molecule has 1 rings (SSSR count). The van der Waals surface area contributed by atoms with Crippen molar-refractivity contribution in [3.63, 3.8) is 0 Å².